The molecule has 0 aliphatic carbocycles. The molecule has 0 saturated carbocycles. The highest BCUT2D eigenvalue weighted by Crippen LogP contribution is 2.32. The number of benzene rings is 1. The number of ether oxygens (including phenoxy) is 3. The number of sulfonamides is 1. The SMILES string of the molecule is COc1cc(OC)c(S(N)(=O)=O)cc1C(=O)OC(C)(C)C. The third-order valence-electron chi connectivity index (χ3n) is 2.41. The predicted molar refractivity (Wildman–Crippen MR) is 76.1 cm³/mol. The Labute approximate surface area is 124 Å². The second-order valence-electron chi connectivity index (χ2n) is 5.25. The normalized spacial score (nSPS) is 11.9. The van der Waals surface area contributed by atoms with E-state index in [2.05, 4.69) is 0 Å². The van der Waals surface area contributed by atoms with Gasteiger partial charge in [-0.2, -0.15) is 0 Å². The molecule has 8 heteroatoms. The molecule has 0 heterocycles. The van der Waals surface area contributed by atoms with E-state index in [1.807, 2.05) is 0 Å². The maximum absolute atomic E-state index is 12.1. The zero-order chi connectivity index (χ0) is 16.4. The molecule has 0 aromatic heterocycles. The molecule has 0 radical (unpaired) electrons. The molecule has 2 N–H and O–H groups in total. The fourth-order valence-corrected chi connectivity index (χ4v) is 2.29. The van der Waals surface area contributed by atoms with Gasteiger partial charge in [0.2, 0.25) is 10.0 Å². The molecule has 1 rings (SSSR count). The first-order valence-corrected chi connectivity index (χ1v) is 7.56. The van der Waals surface area contributed by atoms with Crippen molar-refractivity contribution in [3.63, 3.8) is 0 Å². The number of esters is 1. The number of nitrogens with two attached hydrogens (primary N) is 1. The standard InChI is InChI=1S/C13H19NO6S/c1-13(2,3)20-12(15)8-6-11(21(14,16)17)10(19-5)7-9(8)18-4/h6-7H,1-5H3,(H2,14,16,17). The topological polar surface area (TPSA) is 105 Å². The molecule has 118 valence electrons. The number of hydrogen-bond donors (Lipinski definition) is 1. The molecular weight excluding hydrogens is 298 g/mol. The Morgan fingerprint density at radius 1 is 1.10 bits per heavy atom. The minimum Gasteiger partial charge on any atom is -0.496 e. The molecule has 7 nitrogen and oxygen atoms in total. The molecule has 0 atom stereocenters. The van der Waals surface area contributed by atoms with Gasteiger partial charge in [0.05, 0.1) is 14.2 Å². The predicted octanol–water partition coefficient (Wildman–Crippen LogP) is 1.31. The number of rotatable bonds is 4. The van der Waals surface area contributed by atoms with E-state index in [0.29, 0.717) is 0 Å². The summed E-state index contributed by atoms with van der Waals surface area (Å²) in [7, 11) is -1.42. The average molecular weight is 317 g/mol. The zero-order valence-electron chi connectivity index (χ0n) is 12.6. The first kappa shape index (κ1) is 17.3. The Kier molecular flexibility index (Phi) is 4.85. The van der Waals surface area contributed by atoms with Gasteiger partial charge < -0.3 is 14.2 Å². The van der Waals surface area contributed by atoms with Gasteiger partial charge >= 0.3 is 5.97 Å². The zero-order valence-corrected chi connectivity index (χ0v) is 13.4. The van der Waals surface area contributed by atoms with Crippen LogP contribution in [0, 0.1) is 0 Å². The molecule has 0 bridgehead atoms. The number of hydrogen-bond acceptors (Lipinski definition) is 6. The Morgan fingerprint density at radius 3 is 2.00 bits per heavy atom. The molecule has 0 fully saturated rings. The van der Waals surface area contributed by atoms with Crippen LogP contribution in [0.25, 0.3) is 0 Å². The monoisotopic (exact) mass is 317 g/mol. The van der Waals surface area contributed by atoms with Crippen molar-refractivity contribution in [2.75, 3.05) is 14.2 Å². The summed E-state index contributed by atoms with van der Waals surface area (Å²) in [5, 5.41) is 5.12. The van der Waals surface area contributed by atoms with E-state index in [1.54, 1.807) is 20.8 Å². The van der Waals surface area contributed by atoms with E-state index in [9.17, 15) is 13.2 Å². The minimum absolute atomic E-state index is 0.0124. The first-order valence-electron chi connectivity index (χ1n) is 6.01. The fraction of sp³-hybridized carbons (Fsp3) is 0.462. The van der Waals surface area contributed by atoms with E-state index < -0.39 is 21.6 Å². The lowest BCUT2D eigenvalue weighted by atomic mass is 10.1. The van der Waals surface area contributed by atoms with Gasteiger partial charge in [0.25, 0.3) is 0 Å². The van der Waals surface area contributed by atoms with Gasteiger partial charge in [-0.1, -0.05) is 0 Å². The van der Waals surface area contributed by atoms with Crippen molar-refractivity contribution in [2.45, 2.75) is 31.3 Å². The fourth-order valence-electron chi connectivity index (χ4n) is 1.58. The lowest BCUT2D eigenvalue weighted by Gasteiger charge is -2.21. The summed E-state index contributed by atoms with van der Waals surface area (Å²) in [6, 6.07) is 2.36. The summed E-state index contributed by atoms with van der Waals surface area (Å²) in [5.74, 6) is -0.595. The van der Waals surface area contributed by atoms with Crippen LogP contribution in [0.2, 0.25) is 0 Å². The smallest absolute Gasteiger partial charge is 0.342 e. The summed E-state index contributed by atoms with van der Waals surface area (Å²) < 4.78 is 38.4. The van der Waals surface area contributed by atoms with Gasteiger partial charge in [-0.25, -0.2) is 18.4 Å². The molecule has 1 aromatic rings. The maximum Gasteiger partial charge on any atom is 0.342 e. The summed E-state index contributed by atoms with van der Waals surface area (Å²) in [5.41, 5.74) is -0.777. The van der Waals surface area contributed by atoms with Gasteiger partial charge in [-0.15, -0.1) is 0 Å². The molecule has 0 aliphatic heterocycles. The summed E-state index contributed by atoms with van der Waals surface area (Å²) in [6.45, 7) is 5.09. The molecular formula is C13H19NO6S. The summed E-state index contributed by atoms with van der Waals surface area (Å²) in [6.07, 6.45) is 0. The van der Waals surface area contributed by atoms with Crippen molar-refractivity contribution in [1.29, 1.82) is 0 Å². The Balaban J connectivity index is 3.48. The van der Waals surface area contributed by atoms with Crippen molar-refractivity contribution >= 4 is 16.0 Å². The number of primary sulfonamides is 1. The highest BCUT2D eigenvalue weighted by molar-refractivity contribution is 7.89. The van der Waals surface area contributed by atoms with Crippen molar-refractivity contribution in [3.05, 3.63) is 17.7 Å². The average Bonchev–Trinajstić information content (AvgIpc) is 2.33. The van der Waals surface area contributed by atoms with Crippen LogP contribution in [-0.4, -0.2) is 34.2 Å². The second-order valence-corrected chi connectivity index (χ2v) is 6.78. The van der Waals surface area contributed by atoms with Crippen LogP contribution in [0.15, 0.2) is 17.0 Å². The van der Waals surface area contributed by atoms with Crippen LogP contribution in [0.3, 0.4) is 0 Å². The molecule has 21 heavy (non-hydrogen) atoms. The molecule has 0 spiro atoms. The largest absolute Gasteiger partial charge is 0.496 e. The van der Waals surface area contributed by atoms with Gasteiger partial charge in [0.15, 0.2) is 0 Å². The van der Waals surface area contributed by atoms with E-state index >= 15 is 0 Å². The molecule has 0 unspecified atom stereocenters. The van der Waals surface area contributed by atoms with Crippen LogP contribution in [0.1, 0.15) is 31.1 Å². The molecule has 1 aromatic carbocycles. The van der Waals surface area contributed by atoms with Crippen LogP contribution < -0.4 is 14.6 Å². The van der Waals surface area contributed by atoms with Crippen LogP contribution in [-0.2, 0) is 14.8 Å². The van der Waals surface area contributed by atoms with Crippen molar-refractivity contribution < 1.29 is 27.4 Å². The van der Waals surface area contributed by atoms with Gasteiger partial charge in [0.1, 0.15) is 27.6 Å². The lowest BCUT2D eigenvalue weighted by Crippen LogP contribution is -2.24. The van der Waals surface area contributed by atoms with Gasteiger partial charge in [-0.3, -0.25) is 0 Å². The Morgan fingerprint density at radius 2 is 1.62 bits per heavy atom. The lowest BCUT2D eigenvalue weighted by molar-refractivity contribution is 0.00662. The van der Waals surface area contributed by atoms with Gasteiger partial charge in [-0.05, 0) is 26.8 Å². The minimum atomic E-state index is -4.06. The number of methoxy groups -OCH3 is 2. The maximum atomic E-state index is 12.1. The van der Waals surface area contributed by atoms with Crippen molar-refractivity contribution in [1.82, 2.24) is 0 Å². The van der Waals surface area contributed by atoms with Gasteiger partial charge in [0, 0.05) is 6.07 Å². The Hall–Kier alpha value is -1.80. The second kappa shape index (κ2) is 5.90. The quantitative estimate of drug-likeness (QED) is 0.839. The van der Waals surface area contributed by atoms with Crippen molar-refractivity contribution in [3.8, 4) is 11.5 Å². The Bertz CT molecular complexity index is 645. The molecule has 0 aliphatic rings. The third kappa shape index (κ3) is 4.33. The van der Waals surface area contributed by atoms with E-state index in [1.165, 1.54) is 20.3 Å². The van der Waals surface area contributed by atoms with Crippen LogP contribution >= 0.6 is 0 Å². The highest BCUT2D eigenvalue weighted by Gasteiger charge is 2.26. The summed E-state index contributed by atoms with van der Waals surface area (Å²) in [4.78, 5) is 11.8. The number of carbonyl (C=O) groups excluding carboxylic acids is 1. The van der Waals surface area contributed by atoms with Crippen molar-refractivity contribution in [2.24, 2.45) is 5.14 Å². The van der Waals surface area contributed by atoms with Crippen LogP contribution in [0.5, 0.6) is 11.5 Å². The summed E-state index contributed by atoms with van der Waals surface area (Å²) >= 11 is 0. The first-order chi connectivity index (χ1) is 9.49. The third-order valence-corrected chi connectivity index (χ3v) is 3.34. The number of carbonyl (C=O) groups is 1. The van der Waals surface area contributed by atoms with E-state index in [-0.39, 0.29) is 22.0 Å². The van der Waals surface area contributed by atoms with E-state index in [4.69, 9.17) is 19.3 Å². The van der Waals surface area contributed by atoms with E-state index in [0.717, 1.165) is 6.07 Å². The molecule has 0 amide bonds. The molecule has 0 saturated heterocycles. The highest BCUT2D eigenvalue weighted by atomic mass is 32.2. The van der Waals surface area contributed by atoms with Crippen LogP contribution in [0.4, 0.5) is 0 Å².